The van der Waals surface area contributed by atoms with Gasteiger partial charge >= 0.3 is 5.69 Å². The number of aryl methyl sites for hydroxylation is 1. The predicted octanol–water partition coefficient (Wildman–Crippen LogP) is 4.37. The number of aromatic nitrogens is 4. The lowest BCUT2D eigenvalue weighted by molar-refractivity contribution is 0.247. The molecule has 0 bridgehead atoms. The molecule has 1 saturated heterocycles. The third-order valence-electron chi connectivity index (χ3n) is 7.30. The van der Waals surface area contributed by atoms with Gasteiger partial charge in [-0.05, 0) is 56.3 Å². The van der Waals surface area contributed by atoms with Crippen LogP contribution in [0.2, 0.25) is 5.02 Å². The number of halogens is 1. The Bertz CT molecular complexity index is 1880. The van der Waals surface area contributed by atoms with Crippen LogP contribution in [0, 0.1) is 16.7 Å². The number of nitriles is 1. The highest BCUT2D eigenvalue weighted by Crippen LogP contribution is 2.40. The summed E-state index contributed by atoms with van der Waals surface area (Å²) in [5.41, 5.74) is 2.30. The van der Waals surface area contributed by atoms with Gasteiger partial charge in [-0.25, -0.2) is 4.79 Å². The van der Waals surface area contributed by atoms with Crippen molar-refractivity contribution >= 4 is 44.1 Å². The number of fused-ring (bicyclic) bond motifs is 2. The van der Waals surface area contributed by atoms with Crippen LogP contribution in [0.15, 0.2) is 64.6 Å². The van der Waals surface area contributed by atoms with E-state index in [-0.39, 0.29) is 13.6 Å². The van der Waals surface area contributed by atoms with E-state index in [1.165, 1.54) is 28.2 Å². The van der Waals surface area contributed by atoms with Gasteiger partial charge in [0.15, 0.2) is 0 Å². The van der Waals surface area contributed by atoms with E-state index in [0.29, 0.717) is 11.6 Å². The third kappa shape index (κ3) is 4.25. The molecule has 6 rings (SSSR count). The van der Waals surface area contributed by atoms with Crippen molar-refractivity contribution in [1.29, 1.82) is 5.26 Å². The number of pyridine rings is 1. The molecule has 0 unspecified atom stereocenters. The number of nitrogens with one attached hydrogen (secondary N) is 1. The quantitative estimate of drug-likeness (QED) is 0.353. The van der Waals surface area contributed by atoms with Crippen molar-refractivity contribution in [3.8, 4) is 17.2 Å². The summed E-state index contributed by atoms with van der Waals surface area (Å²) in [6.07, 6.45) is 6.71. The highest BCUT2D eigenvalue weighted by Gasteiger charge is 2.33. The van der Waals surface area contributed by atoms with Crippen molar-refractivity contribution < 1.29 is 1.37 Å². The van der Waals surface area contributed by atoms with Crippen molar-refractivity contribution in [2.45, 2.75) is 25.9 Å². The molecule has 4 aromatic heterocycles. The van der Waals surface area contributed by atoms with Crippen LogP contribution in [0.5, 0.6) is 0 Å². The van der Waals surface area contributed by atoms with Crippen LogP contribution in [0.3, 0.4) is 0 Å². The Labute approximate surface area is 228 Å². The molecule has 1 fully saturated rings. The largest absolute Gasteiger partial charge is 0.345 e. The minimum Gasteiger partial charge on any atom is -0.345 e. The number of benzene rings is 1. The van der Waals surface area contributed by atoms with E-state index in [1.807, 2.05) is 36.5 Å². The highest BCUT2D eigenvalue weighted by atomic mass is 35.5. The number of nitrogens with zero attached hydrogens (tertiary/aromatic N) is 5. The molecule has 5 heterocycles. The maximum absolute atomic E-state index is 12.7. The smallest absolute Gasteiger partial charge is 0.331 e. The van der Waals surface area contributed by atoms with Gasteiger partial charge < -0.3 is 14.5 Å². The summed E-state index contributed by atoms with van der Waals surface area (Å²) in [7, 11) is -0.259. The fourth-order valence-corrected chi connectivity index (χ4v) is 6.68. The lowest BCUT2D eigenvalue weighted by Gasteiger charge is -2.32. The molecule has 1 aliphatic rings. The molecule has 0 saturated carbocycles. The molecule has 10 heteroatoms. The molecular weight excluding hydrogens is 520 g/mol. The number of thiophene rings is 1. The number of hydrogen-bond acceptors (Lipinski definition) is 6. The average molecular weight is 546 g/mol. The van der Waals surface area contributed by atoms with Gasteiger partial charge in [-0.2, -0.15) is 5.26 Å². The zero-order valence-electron chi connectivity index (χ0n) is 21.5. The van der Waals surface area contributed by atoms with Crippen LogP contribution in [-0.4, -0.2) is 31.8 Å². The second kappa shape index (κ2) is 9.55. The van der Waals surface area contributed by atoms with E-state index in [0.717, 1.165) is 67.6 Å². The molecule has 1 aromatic carbocycles. The minimum atomic E-state index is -0.512. The van der Waals surface area contributed by atoms with Gasteiger partial charge in [0.2, 0.25) is 0 Å². The van der Waals surface area contributed by atoms with E-state index < -0.39 is 16.7 Å². The van der Waals surface area contributed by atoms with Gasteiger partial charge in [-0.3, -0.25) is 14.3 Å². The fraction of sp³-hybridized carbons (Fsp3) is 0.286. The summed E-state index contributed by atoms with van der Waals surface area (Å²) >= 11 is 8.06. The molecule has 5 aromatic rings. The normalized spacial score (nSPS) is 15.5. The van der Waals surface area contributed by atoms with E-state index in [9.17, 15) is 14.9 Å². The molecule has 0 radical (unpaired) electrons. The Hall–Kier alpha value is -3.71. The first-order valence-corrected chi connectivity index (χ1v) is 13.5. The van der Waals surface area contributed by atoms with Crippen molar-refractivity contribution in [1.82, 2.24) is 24.0 Å². The van der Waals surface area contributed by atoms with Crippen molar-refractivity contribution in [2.75, 3.05) is 13.1 Å². The van der Waals surface area contributed by atoms with Crippen molar-refractivity contribution in [3.63, 3.8) is 0 Å². The highest BCUT2D eigenvalue weighted by molar-refractivity contribution is 7.19. The molecule has 0 amide bonds. The predicted molar refractivity (Wildman–Crippen MR) is 151 cm³/mol. The van der Waals surface area contributed by atoms with Crippen LogP contribution in [0.1, 0.15) is 19.1 Å². The first kappa shape index (κ1) is 23.4. The van der Waals surface area contributed by atoms with Crippen molar-refractivity contribution in [3.05, 3.63) is 85.7 Å². The molecule has 8 nitrogen and oxygen atoms in total. The molecular formula is C28H25ClN6O2S. The van der Waals surface area contributed by atoms with Crippen LogP contribution in [0.4, 0.5) is 0 Å². The summed E-state index contributed by atoms with van der Waals surface area (Å²) in [5.74, 6) is 0. The Morgan fingerprint density at radius 1 is 1.18 bits per heavy atom. The second-order valence-corrected chi connectivity index (χ2v) is 11.3. The van der Waals surface area contributed by atoms with Gasteiger partial charge in [0.25, 0.3) is 5.56 Å². The van der Waals surface area contributed by atoms with Gasteiger partial charge in [-0.1, -0.05) is 11.6 Å². The lowest BCUT2D eigenvalue weighted by Crippen LogP contribution is -2.38. The Kier molecular flexibility index (Phi) is 5.88. The standard InChI is InChI=1S/C28H25ClN6O2S/c1-33-10-4-24(36)35(27(33)37)15-20-14-23-26(38-20)21(2-7-32-23)22-13-19(29)12-18-3-11-34(25(18)22)17-28(16-30)5-8-31-9-6-28/h2-4,7,10-14,31H,5-6,8-9,15,17H2,1H3/i1D. The average Bonchev–Trinajstić information content (AvgIpc) is 3.54. The van der Waals surface area contributed by atoms with Crippen molar-refractivity contribution in [2.24, 2.45) is 12.4 Å². The Morgan fingerprint density at radius 3 is 2.82 bits per heavy atom. The van der Waals surface area contributed by atoms with E-state index in [4.69, 9.17) is 13.0 Å². The van der Waals surface area contributed by atoms with Gasteiger partial charge in [0.05, 0.1) is 33.8 Å². The van der Waals surface area contributed by atoms with E-state index in [1.54, 1.807) is 6.20 Å². The van der Waals surface area contributed by atoms with E-state index in [2.05, 4.69) is 20.9 Å². The third-order valence-corrected chi connectivity index (χ3v) is 8.66. The molecule has 1 N–H and O–H groups in total. The zero-order chi connectivity index (χ0) is 27.1. The molecule has 0 aliphatic carbocycles. The number of piperidine rings is 1. The van der Waals surface area contributed by atoms with Crippen LogP contribution < -0.4 is 16.6 Å². The fourth-order valence-electron chi connectivity index (χ4n) is 5.32. The first-order chi connectivity index (χ1) is 18.9. The maximum Gasteiger partial charge on any atom is 0.331 e. The minimum absolute atomic E-state index is 0.0963. The summed E-state index contributed by atoms with van der Waals surface area (Å²) in [6, 6.07) is 13.7. The molecule has 192 valence electrons. The van der Waals surface area contributed by atoms with Gasteiger partial charge in [-0.15, -0.1) is 11.3 Å². The van der Waals surface area contributed by atoms with Gasteiger partial charge in [0, 0.05) is 66.0 Å². The summed E-state index contributed by atoms with van der Waals surface area (Å²) in [4.78, 5) is 30.5. The summed E-state index contributed by atoms with van der Waals surface area (Å²) in [5, 5.41) is 15.1. The molecule has 0 spiro atoms. The van der Waals surface area contributed by atoms with Crippen LogP contribution >= 0.6 is 22.9 Å². The zero-order valence-corrected chi connectivity index (χ0v) is 22.1. The van der Waals surface area contributed by atoms with Crippen LogP contribution in [-0.2, 0) is 20.1 Å². The van der Waals surface area contributed by atoms with Gasteiger partial charge in [0.1, 0.15) is 0 Å². The Morgan fingerprint density at radius 2 is 2.03 bits per heavy atom. The first-order valence-electron chi connectivity index (χ1n) is 13.0. The van der Waals surface area contributed by atoms with E-state index >= 15 is 0 Å². The van der Waals surface area contributed by atoms with Crippen LogP contribution in [0.25, 0.3) is 32.2 Å². The summed E-state index contributed by atoms with van der Waals surface area (Å²) in [6.45, 7) is 2.34. The number of hydrogen-bond donors (Lipinski definition) is 1. The summed E-state index contributed by atoms with van der Waals surface area (Å²) < 4.78 is 13.0. The Balaban J connectivity index is 1.47. The second-order valence-electron chi connectivity index (χ2n) is 9.76. The SMILES string of the molecule is [2H]Cn1ccc(=O)n(Cc2cc3nccc(-c4cc(Cl)cc5ccn(CC6(C#N)CCNCC6)c45)c3s2)c1=O. The molecule has 38 heavy (non-hydrogen) atoms. The maximum atomic E-state index is 12.7. The number of rotatable bonds is 5. The molecule has 1 aliphatic heterocycles. The lowest BCUT2D eigenvalue weighted by atomic mass is 9.80. The topological polar surface area (TPSA) is 97.6 Å². The molecule has 0 atom stereocenters. The monoisotopic (exact) mass is 545 g/mol.